The van der Waals surface area contributed by atoms with Gasteiger partial charge in [-0.05, 0) is 39.8 Å². The molecule has 0 saturated carbocycles. The molecular formula is C14H21NO5. The number of amides is 1. The Kier molecular flexibility index (Phi) is 4.81. The molecule has 6 heteroatoms. The van der Waals surface area contributed by atoms with Crippen LogP contribution in [0.2, 0.25) is 0 Å². The van der Waals surface area contributed by atoms with Crippen molar-refractivity contribution in [1.82, 2.24) is 5.32 Å². The second-order valence-corrected chi connectivity index (χ2v) is 5.98. The van der Waals surface area contributed by atoms with Crippen molar-refractivity contribution in [2.24, 2.45) is 5.41 Å². The molecule has 6 nitrogen and oxygen atoms in total. The van der Waals surface area contributed by atoms with E-state index in [9.17, 15) is 14.7 Å². The van der Waals surface area contributed by atoms with Crippen LogP contribution in [0.25, 0.3) is 0 Å². The van der Waals surface area contributed by atoms with Crippen LogP contribution in [-0.2, 0) is 16.0 Å². The lowest BCUT2D eigenvalue weighted by atomic mass is 9.86. The van der Waals surface area contributed by atoms with Gasteiger partial charge >= 0.3 is 12.1 Å². The van der Waals surface area contributed by atoms with Crippen LogP contribution in [0.1, 0.15) is 33.5 Å². The van der Waals surface area contributed by atoms with Crippen LogP contribution in [0.4, 0.5) is 4.79 Å². The number of furan rings is 1. The molecule has 0 saturated heterocycles. The maximum absolute atomic E-state index is 11.6. The molecule has 112 valence electrons. The first-order chi connectivity index (χ1) is 9.12. The van der Waals surface area contributed by atoms with Gasteiger partial charge in [-0.2, -0.15) is 0 Å². The Morgan fingerprint density at radius 2 is 2.00 bits per heavy atom. The molecule has 0 aliphatic carbocycles. The van der Waals surface area contributed by atoms with Gasteiger partial charge in [-0.15, -0.1) is 0 Å². The van der Waals surface area contributed by atoms with E-state index in [1.165, 1.54) is 6.26 Å². The number of carbonyl (C=O) groups is 2. The van der Waals surface area contributed by atoms with Crippen LogP contribution >= 0.6 is 0 Å². The predicted molar refractivity (Wildman–Crippen MR) is 72.4 cm³/mol. The van der Waals surface area contributed by atoms with Gasteiger partial charge in [-0.3, -0.25) is 4.79 Å². The average Bonchev–Trinajstić information content (AvgIpc) is 2.76. The largest absolute Gasteiger partial charge is 0.481 e. The number of hydrogen-bond donors (Lipinski definition) is 2. The molecule has 0 fully saturated rings. The van der Waals surface area contributed by atoms with Crippen molar-refractivity contribution in [2.75, 3.05) is 6.54 Å². The predicted octanol–water partition coefficient (Wildman–Crippen LogP) is 2.44. The van der Waals surface area contributed by atoms with Crippen molar-refractivity contribution in [2.45, 2.75) is 39.7 Å². The molecule has 20 heavy (non-hydrogen) atoms. The zero-order valence-electron chi connectivity index (χ0n) is 12.2. The fourth-order valence-corrected chi connectivity index (χ4v) is 1.59. The topological polar surface area (TPSA) is 88.8 Å². The Morgan fingerprint density at radius 1 is 1.35 bits per heavy atom. The second kappa shape index (κ2) is 5.98. The summed E-state index contributed by atoms with van der Waals surface area (Å²) in [5.41, 5.74) is -1.78. The Bertz CT molecular complexity index is 460. The number of rotatable bonds is 5. The smallest absolute Gasteiger partial charge is 0.407 e. The van der Waals surface area contributed by atoms with E-state index < -0.39 is 23.1 Å². The maximum Gasteiger partial charge on any atom is 0.407 e. The molecule has 0 spiro atoms. The molecule has 0 bridgehead atoms. The molecule has 1 atom stereocenters. The van der Waals surface area contributed by atoms with Crippen LogP contribution in [0.3, 0.4) is 0 Å². The summed E-state index contributed by atoms with van der Waals surface area (Å²) >= 11 is 0. The molecular weight excluding hydrogens is 262 g/mol. The monoisotopic (exact) mass is 283 g/mol. The van der Waals surface area contributed by atoms with Crippen LogP contribution in [0.15, 0.2) is 22.8 Å². The highest BCUT2D eigenvalue weighted by molar-refractivity contribution is 5.76. The average molecular weight is 283 g/mol. The van der Waals surface area contributed by atoms with E-state index in [2.05, 4.69) is 5.32 Å². The Balaban J connectivity index is 2.63. The highest BCUT2D eigenvalue weighted by atomic mass is 16.6. The minimum absolute atomic E-state index is 0.0437. The summed E-state index contributed by atoms with van der Waals surface area (Å²) in [6, 6.07) is 3.40. The first-order valence-electron chi connectivity index (χ1n) is 6.35. The number of aliphatic carboxylic acids is 1. The molecule has 0 aromatic carbocycles. The second-order valence-electron chi connectivity index (χ2n) is 5.98. The molecule has 1 rings (SSSR count). The number of alkyl carbamates (subject to hydrolysis) is 1. The van der Waals surface area contributed by atoms with E-state index >= 15 is 0 Å². The maximum atomic E-state index is 11.6. The number of carboxylic acids is 1. The van der Waals surface area contributed by atoms with Crippen molar-refractivity contribution in [3.8, 4) is 0 Å². The van der Waals surface area contributed by atoms with E-state index in [0.717, 1.165) is 0 Å². The van der Waals surface area contributed by atoms with Gasteiger partial charge in [0.05, 0.1) is 11.7 Å². The third kappa shape index (κ3) is 4.95. The number of carboxylic acid groups (broad SMARTS) is 1. The van der Waals surface area contributed by atoms with Gasteiger partial charge in [0.15, 0.2) is 0 Å². The first kappa shape index (κ1) is 16.1. The van der Waals surface area contributed by atoms with E-state index in [4.69, 9.17) is 9.15 Å². The third-order valence-corrected chi connectivity index (χ3v) is 2.68. The van der Waals surface area contributed by atoms with Gasteiger partial charge in [0, 0.05) is 13.0 Å². The summed E-state index contributed by atoms with van der Waals surface area (Å²) in [6.07, 6.45) is 1.04. The molecule has 1 aromatic heterocycles. The minimum Gasteiger partial charge on any atom is -0.481 e. The van der Waals surface area contributed by atoms with Crippen LogP contribution in [0, 0.1) is 5.41 Å². The molecule has 1 heterocycles. The van der Waals surface area contributed by atoms with Crippen LogP contribution in [0.5, 0.6) is 0 Å². The quantitative estimate of drug-likeness (QED) is 0.866. The van der Waals surface area contributed by atoms with E-state index in [0.29, 0.717) is 5.76 Å². The first-order valence-corrected chi connectivity index (χ1v) is 6.35. The summed E-state index contributed by atoms with van der Waals surface area (Å²) in [4.78, 5) is 23.0. The molecule has 1 aromatic rings. The SMILES string of the molecule is CC(C)(C)OC(=O)NCC(C)(Cc1ccco1)C(=O)O. The van der Waals surface area contributed by atoms with Crippen LogP contribution in [-0.4, -0.2) is 29.3 Å². The van der Waals surface area contributed by atoms with Crippen molar-refractivity contribution >= 4 is 12.1 Å². The molecule has 1 unspecified atom stereocenters. The van der Waals surface area contributed by atoms with Gasteiger partial charge in [0.1, 0.15) is 11.4 Å². The molecule has 0 radical (unpaired) electrons. The van der Waals surface area contributed by atoms with Crippen molar-refractivity contribution < 1.29 is 23.8 Å². The molecule has 0 aliphatic rings. The zero-order chi connectivity index (χ0) is 15.4. The third-order valence-electron chi connectivity index (χ3n) is 2.68. The molecule has 2 N–H and O–H groups in total. The van der Waals surface area contributed by atoms with E-state index in [1.54, 1.807) is 39.8 Å². The van der Waals surface area contributed by atoms with Crippen molar-refractivity contribution in [1.29, 1.82) is 0 Å². The minimum atomic E-state index is -1.16. The lowest BCUT2D eigenvalue weighted by Gasteiger charge is -2.25. The number of ether oxygens (including phenoxy) is 1. The fraction of sp³-hybridized carbons (Fsp3) is 0.571. The Labute approximate surface area is 118 Å². The molecule has 0 aliphatic heterocycles. The highest BCUT2D eigenvalue weighted by Crippen LogP contribution is 2.23. The van der Waals surface area contributed by atoms with Crippen molar-refractivity contribution in [3.63, 3.8) is 0 Å². The number of hydrogen-bond acceptors (Lipinski definition) is 4. The zero-order valence-corrected chi connectivity index (χ0v) is 12.2. The summed E-state index contributed by atoms with van der Waals surface area (Å²) in [5, 5.41) is 11.8. The van der Waals surface area contributed by atoms with Gasteiger partial charge < -0.3 is 19.6 Å². The van der Waals surface area contributed by atoms with Crippen LogP contribution < -0.4 is 5.32 Å². The summed E-state index contributed by atoms with van der Waals surface area (Å²) < 4.78 is 10.2. The van der Waals surface area contributed by atoms with E-state index in [1.807, 2.05) is 0 Å². The van der Waals surface area contributed by atoms with Gasteiger partial charge in [-0.25, -0.2) is 4.79 Å². The highest BCUT2D eigenvalue weighted by Gasteiger charge is 2.35. The molecule has 1 amide bonds. The van der Waals surface area contributed by atoms with Gasteiger partial charge in [-0.1, -0.05) is 0 Å². The number of carbonyl (C=O) groups excluding carboxylic acids is 1. The lowest BCUT2D eigenvalue weighted by Crippen LogP contribution is -2.44. The lowest BCUT2D eigenvalue weighted by molar-refractivity contribution is -0.147. The normalized spacial score (nSPS) is 14.4. The van der Waals surface area contributed by atoms with E-state index in [-0.39, 0.29) is 13.0 Å². The Hall–Kier alpha value is -1.98. The fourth-order valence-electron chi connectivity index (χ4n) is 1.59. The summed E-state index contributed by atoms with van der Waals surface area (Å²) in [6.45, 7) is 6.73. The van der Waals surface area contributed by atoms with Gasteiger partial charge in [0.25, 0.3) is 0 Å². The standard InChI is InChI=1S/C14H21NO5/c1-13(2,3)20-12(18)15-9-14(4,11(16)17)8-10-6-5-7-19-10/h5-7H,8-9H2,1-4H3,(H,15,18)(H,16,17). The van der Waals surface area contributed by atoms with Gasteiger partial charge in [0.2, 0.25) is 0 Å². The Morgan fingerprint density at radius 3 is 2.45 bits per heavy atom. The summed E-state index contributed by atoms with van der Waals surface area (Å²) in [5.74, 6) is -0.453. The number of nitrogens with one attached hydrogen (secondary N) is 1. The summed E-state index contributed by atoms with van der Waals surface area (Å²) in [7, 11) is 0. The van der Waals surface area contributed by atoms with Crippen molar-refractivity contribution in [3.05, 3.63) is 24.2 Å².